The van der Waals surface area contributed by atoms with Crippen LogP contribution in [0.15, 0.2) is 60.7 Å². The Balaban J connectivity index is 1.36. The normalized spacial score (nSPS) is 27.6. The van der Waals surface area contributed by atoms with Crippen LogP contribution in [0.3, 0.4) is 0 Å². The predicted molar refractivity (Wildman–Crippen MR) is 111 cm³/mol. The highest BCUT2D eigenvalue weighted by atomic mass is 19.4. The average Bonchev–Trinajstić information content (AvgIpc) is 3.42. The van der Waals surface area contributed by atoms with Crippen LogP contribution in [0.2, 0.25) is 0 Å². The molecule has 1 spiro atoms. The number of hydrogen-bond donors (Lipinski definition) is 1. The van der Waals surface area contributed by atoms with Gasteiger partial charge in [0.1, 0.15) is 17.1 Å². The SMILES string of the molecule is COc1ccccc1N1C[C@@]23C=C[C@H](O2)C(C(=O)Nc2ccc(OC(F)(F)F)cc2)C3C1=O. The molecular weight excluding hydrogens is 441 g/mol. The first-order valence-electron chi connectivity index (χ1n) is 10.2. The van der Waals surface area contributed by atoms with Gasteiger partial charge in [-0.15, -0.1) is 13.2 Å². The summed E-state index contributed by atoms with van der Waals surface area (Å²) in [5.74, 6) is -2.08. The lowest BCUT2D eigenvalue weighted by Crippen LogP contribution is -2.41. The number of hydrogen-bond acceptors (Lipinski definition) is 5. The largest absolute Gasteiger partial charge is 0.573 e. The first-order chi connectivity index (χ1) is 15.7. The molecule has 3 aliphatic rings. The van der Waals surface area contributed by atoms with E-state index in [1.54, 1.807) is 35.2 Å². The molecule has 2 bridgehead atoms. The second kappa shape index (κ2) is 7.51. The van der Waals surface area contributed by atoms with E-state index in [1.807, 2.05) is 6.08 Å². The van der Waals surface area contributed by atoms with Crippen molar-refractivity contribution in [1.29, 1.82) is 0 Å². The molecule has 2 aromatic carbocycles. The van der Waals surface area contributed by atoms with Gasteiger partial charge in [-0.3, -0.25) is 9.59 Å². The maximum absolute atomic E-state index is 13.4. The predicted octanol–water partition coefficient (Wildman–Crippen LogP) is 3.52. The van der Waals surface area contributed by atoms with E-state index in [0.717, 1.165) is 12.1 Å². The Labute approximate surface area is 186 Å². The lowest BCUT2D eigenvalue weighted by molar-refractivity contribution is -0.274. The van der Waals surface area contributed by atoms with Gasteiger partial charge in [0, 0.05) is 5.69 Å². The summed E-state index contributed by atoms with van der Waals surface area (Å²) in [6.07, 6.45) is -1.75. The van der Waals surface area contributed by atoms with E-state index < -0.39 is 41.6 Å². The highest BCUT2D eigenvalue weighted by Crippen LogP contribution is 2.53. The van der Waals surface area contributed by atoms with E-state index in [4.69, 9.17) is 9.47 Å². The topological polar surface area (TPSA) is 77.1 Å². The number of amides is 2. The van der Waals surface area contributed by atoms with Crippen LogP contribution >= 0.6 is 0 Å². The smallest absolute Gasteiger partial charge is 0.495 e. The zero-order valence-corrected chi connectivity index (χ0v) is 17.3. The van der Waals surface area contributed by atoms with Gasteiger partial charge in [0.25, 0.3) is 0 Å². The van der Waals surface area contributed by atoms with Crippen molar-refractivity contribution in [2.24, 2.45) is 11.8 Å². The summed E-state index contributed by atoms with van der Waals surface area (Å²) in [7, 11) is 1.52. The standard InChI is InChI=1S/C23H19F3N2O5/c1-31-16-5-3-2-4-15(16)28-12-22-11-10-17(33-22)18(19(22)21(28)30)20(29)27-13-6-8-14(9-7-13)32-23(24,25)26/h2-11,17-19H,12H2,1H3,(H,27,29)/t17-,18?,19?,22+/m0/s1. The highest BCUT2D eigenvalue weighted by molar-refractivity contribution is 6.06. The molecule has 2 amide bonds. The molecule has 0 radical (unpaired) electrons. The molecule has 2 saturated heterocycles. The molecule has 1 N–H and O–H groups in total. The zero-order chi connectivity index (χ0) is 23.4. The Kier molecular flexibility index (Phi) is 4.86. The minimum Gasteiger partial charge on any atom is -0.495 e. The van der Waals surface area contributed by atoms with Crippen molar-refractivity contribution in [3.63, 3.8) is 0 Å². The van der Waals surface area contributed by atoms with E-state index in [2.05, 4.69) is 10.1 Å². The maximum atomic E-state index is 13.4. The zero-order valence-electron chi connectivity index (χ0n) is 17.3. The van der Waals surface area contributed by atoms with Gasteiger partial charge in [0.2, 0.25) is 11.8 Å². The number of carbonyl (C=O) groups excluding carboxylic acids is 2. The third kappa shape index (κ3) is 3.60. The van der Waals surface area contributed by atoms with Crippen LogP contribution in [0.25, 0.3) is 0 Å². The van der Waals surface area contributed by atoms with Crippen molar-refractivity contribution in [1.82, 2.24) is 0 Å². The fourth-order valence-electron chi connectivity index (χ4n) is 4.82. The van der Waals surface area contributed by atoms with Crippen molar-refractivity contribution in [2.75, 3.05) is 23.9 Å². The number of halogens is 3. The number of carbonyl (C=O) groups is 2. The lowest BCUT2D eigenvalue weighted by atomic mass is 9.77. The van der Waals surface area contributed by atoms with Gasteiger partial charge < -0.3 is 24.4 Å². The Morgan fingerprint density at radius 2 is 1.91 bits per heavy atom. The van der Waals surface area contributed by atoms with Crippen LogP contribution in [0.5, 0.6) is 11.5 Å². The molecule has 33 heavy (non-hydrogen) atoms. The van der Waals surface area contributed by atoms with E-state index in [-0.39, 0.29) is 18.1 Å². The van der Waals surface area contributed by atoms with Crippen LogP contribution in [0.4, 0.5) is 24.5 Å². The molecule has 3 aliphatic heterocycles. The van der Waals surface area contributed by atoms with Crippen molar-refractivity contribution >= 4 is 23.2 Å². The third-order valence-corrected chi connectivity index (χ3v) is 6.13. The highest BCUT2D eigenvalue weighted by Gasteiger charge is 2.67. The van der Waals surface area contributed by atoms with E-state index in [9.17, 15) is 22.8 Å². The number of ether oxygens (including phenoxy) is 3. The molecule has 3 heterocycles. The number of benzene rings is 2. The minimum absolute atomic E-state index is 0.247. The molecule has 5 rings (SSSR count). The molecule has 7 nitrogen and oxygen atoms in total. The number of nitrogens with zero attached hydrogens (tertiary/aromatic N) is 1. The van der Waals surface area contributed by atoms with Gasteiger partial charge in [-0.2, -0.15) is 0 Å². The molecule has 0 aliphatic carbocycles. The van der Waals surface area contributed by atoms with Crippen molar-refractivity contribution in [3.8, 4) is 11.5 Å². The molecule has 172 valence electrons. The molecule has 2 fully saturated rings. The minimum atomic E-state index is -4.80. The summed E-state index contributed by atoms with van der Waals surface area (Å²) in [4.78, 5) is 28.1. The second-order valence-electron chi connectivity index (χ2n) is 8.06. The van der Waals surface area contributed by atoms with Gasteiger partial charge in [-0.1, -0.05) is 24.3 Å². The first kappa shape index (κ1) is 21.3. The van der Waals surface area contributed by atoms with Crippen LogP contribution in [-0.2, 0) is 14.3 Å². The summed E-state index contributed by atoms with van der Waals surface area (Å²) in [5, 5.41) is 2.68. The van der Waals surface area contributed by atoms with Crippen molar-refractivity contribution < 1.29 is 37.0 Å². The average molecular weight is 460 g/mol. The van der Waals surface area contributed by atoms with Gasteiger partial charge in [-0.05, 0) is 36.4 Å². The molecular formula is C23H19F3N2O5. The maximum Gasteiger partial charge on any atom is 0.573 e. The number of anilines is 2. The fraction of sp³-hybridized carbons (Fsp3) is 0.304. The Morgan fingerprint density at radius 3 is 2.61 bits per heavy atom. The number of rotatable bonds is 5. The monoisotopic (exact) mass is 460 g/mol. The molecule has 10 heteroatoms. The summed E-state index contributed by atoms with van der Waals surface area (Å²) in [5.41, 5.74) is -0.0503. The molecule has 0 saturated carbocycles. The van der Waals surface area contributed by atoms with Crippen LogP contribution in [-0.4, -0.2) is 43.5 Å². The molecule has 0 aromatic heterocycles. The van der Waals surface area contributed by atoms with E-state index in [1.165, 1.54) is 19.2 Å². The fourth-order valence-corrected chi connectivity index (χ4v) is 4.82. The summed E-state index contributed by atoms with van der Waals surface area (Å²) in [6.45, 7) is 0.247. The number of para-hydroxylation sites is 2. The Bertz CT molecular complexity index is 1130. The van der Waals surface area contributed by atoms with Gasteiger partial charge in [0.05, 0.1) is 37.3 Å². The van der Waals surface area contributed by atoms with Gasteiger partial charge in [0.15, 0.2) is 0 Å². The third-order valence-electron chi connectivity index (χ3n) is 6.13. The molecule has 2 unspecified atom stereocenters. The van der Waals surface area contributed by atoms with Crippen molar-refractivity contribution in [3.05, 3.63) is 60.7 Å². The molecule has 2 aromatic rings. The van der Waals surface area contributed by atoms with Crippen molar-refractivity contribution in [2.45, 2.75) is 18.1 Å². The van der Waals surface area contributed by atoms with Crippen LogP contribution < -0.4 is 19.7 Å². The number of nitrogens with one attached hydrogen (secondary N) is 1. The van der Waals surface area contributed by atoms with Gasteiger partial charge in [-0.25, -0.2) is 0 Å². The quantitative estimate of drug-likeness (QED) is 0.691. The first-order valence-corrected chi connectivity index (χ1v) is 10.2. The van der Waals surface area contributed by atoms with Gasteiger partial charge >= 0.3 is 6.36 Å². The second-order valence-corrected chi connectivity index (χ2v) is 8.06. The summed E-state index contributed by atoms with van der Waals surface area (Å²) < 4.78 is 52.4. The Hall–Kier alpha value is -3.53. The van der Waals surface area contributed by atoms with Crippen LogP contribution in [0, 0.1) is 11.8 Å². The number of alkyl halides is 3. The summed E-state index contributed by atoms with van der Waals surface area (Å²) in [6, 6.07) is 11.9. The lowest BCUT2D eigenvalue weighted by Gasteiger charge is -2.23. The van der Waals surface area contributed by atoms with E-state index >= 15 is 0 Å². The molecule has 4 atom stereocenters. The number of methoxy groups -OCH3 is 1. The Morgan fingerprint density at radius 1 is 1.18 bits per heavy atom. The van der Waals surface area contributed by atoms with Crippen LogP contribution in [0.1, 0.15) is 0 Å². The summed E-state index contributed by atoms with van der Waals surface area (Å²) >= 11 is 0. The van der Waals surface area contributed by atoms with E-state index in [0.29, 0.717) is 11.4 Å². The number of fused-ring (bicyclic) bond motifs is 1.